The highest BCUT2D eigenvalue weighted by molar-refractivity contribution is 7.22. The topological polar surface area (TPSA) is 49.6 Å². The zero-order valence-corrected chi connectivity index (χ0v) is 25.0. The molecule has 0 radical (unpaired) electrons. The summed E-state index contributed by atoms with van der Waals surface area (Å²) in [5.74, 6) is 1.52. The van der Waals surface area contributed by atoms with Crippen molar-refractivity contribution in [2.24, 2.45) is 9.98 Å². The minimum atomic E-state index is -0.289. The molecule has 1 unspecified atom stereocenters. The summed E-state index contributed by atoms with van der Waals surface area (Å²) in [6.07, 6.45) is -0.289. The van der Waals surface area contributed by atoms with Gasteiger partial charge in [0.25, 0.3) is 0 Å². The van der Waals surface area contributed by atoms with Crippen LogP contribution in [0.2, 0.25) is 0 Å². The predicted molar refractivity (Wildman–Crippen MR) is 189 cm³/mol. The number of aliphatic imine (C=N–C) groups is 2. The third-order valence-corrected chi connectivity index (χ3v) is 9.66. The molecule has 0 amide bonds. The van der Waals surface area contributed by atoms with Crippen LogP contribution in [-0.2, 0) is 0 Å². The first kappa shape index (κ1) is 25.8. The quantitative estimate of drug-likeness (QED) is 0.220. The third kappa shape index (κ3) is 4.65. The van der Waals surface area contributed by atoms with Gasteiger partial charge >= 0.3 is 0 Å². The van der Waals surface area contributed by atoms with E-state index >= 15 is 0 Å². The molecule has 4 nitrogen and oxygen atoms in total. The lowest BCUT2D eigenvalue weighted by Gasteiger charge is -2.24. The molecule has 1 aromatic heterocycles. The highest BCUT2D eigenvalue weighted by Crippen LogP contribution is 2.36. The van der Waals surface area contributed by atoms with Gasteiger partial charge in [0, 0.05) is 22.1 Å². The molecule has 5 heteroatoms. The molecular formula is C40H26N4S. The molecule has 45 heavy (non-hydrogen) atoms. The van der Waals surface area contributed by atoms with Crippen molar-refractivity contribution in [3.05, 3.63) is 162 Å². The molecule has 212 valence electrons. The average molecular weight is 595 g/mol. The molecule has 0 bridgehead atoms. The first-order valence-electron chi connectivity index (χ1n) is 15.1. The van der Waals surface area contributed by atoms with Gasteiger partial charge in [0.1, 0.15) is 17.0 Å². The summed E-state index contributed by atoms with van der Waals surface area (Å²) in [7, 11) is 0. The highest BCUT2D eigenvalue weighted by atomic mass is 32.1. The normalized spacial score (nSPS) is 14.9. The van der Waals surface area contributed by atoms with Crippen molar-refractivity contribution in [2.75, 3.05) is 0 Å². The number of amidine groups is 2. The Morgan fingerprint density at radius 2 is 1.20 bits per heavy atom. The highest BCUT2D eigenvalue weighted by Gasteiger charge is 2.22. The van der Waals surface area contributed by atoms with Crippen LogP contribution in [0.4, 0.5) is 0 Å². The Morgan fingerprint density at radius 1 is 0.533 bits per heavy atom. The van der Waals surface area contributed by atoms with E-state index in [4.69, 9.17) is 15.0 Å². The zero-order chi connectivity index (χ0) is 29.7. The molecule has 1 N–H and O–H groups in total. The molecule has 0 aliphatic carbocycles. The molecule has 7 aromatic carbocycles. The van der Waals surface area contributed by atoms with Crippen molar-refractivity contribution >= 4 is 65.5 Å². The lowest BCUT2D eigenvalue weighted by atomic mass is 10.0. The van der Waals surface area contributed by atoms with Gasteiger partial charge in [-0.3, -0.25) is 0 Å². The molecule has 0 spiro atoms. The molecule has 0 saturated carbocycles. The number of hydrogen-bond donors (Lipinski definition) is 1. The minimum Gasteiger partial charge on any atom is -0.344 e. The zero-order valence-electron chi connectivity index (χ0n) is 24.2. The van der Waals surface area contributed by atoms with Gasteiger partial charge in [0.2, 0.25) is 0 Å². The van der Waals surface area contributed by atoms with Crippen molar-refractivity contribution in [1.29, 1.82) is 0 Å². The van der Waals surface area contributed by atoms with Crippen LogP contribution in [0, 0.1) is 0 Å². The number of fused-ring (bicyclic) bond motifs is 5. The summed E-state index contributed by atoms with van der Waals surface area (Å²) in [5.41, 5.74) is 5.25. The van der Waals surface area contributed by atoms with Crippen LogP contribution >= 0.6 is 11.3 Å². The lowest BCUT2D eigenvalue weighted by molar-refractivity contribution is 0.675. The molecule has 1 aliphatic heterocycles. The predicted octanol–water partition coefficient (Wildman–Crippen LogP) is 9.92. The monoisotopic (exact) mass is 594 g/mol. The third-order valence-electron chi connectivity index (χ3n) is 8.51. The number of nitrogens with one attached hydrogen (secondary N) is 1. The Bertz CT molecular complexity index is 2470. The number of hydrogen-bond acceptors (Lipinski definition) is 5. The smallest absolute Gasteiger partial charge is 0.159 e. The van der Waals surface area contributed by atoms with E-state index in [1.54, 1.807) is 11.3 Å². The van der Waals surface area contributed by atoms with Gasteiger partial charge in [-0.2, -0.15) is 0 Å². The van der Waals surface area contributed by atoms with Crippen LogP contribution < -0.4 is 5.32 Å². The summed E-state index contributed by atoms with van der Waals surface area (Å²) in [6, 6.07) is 51.1. The minimum absolute atomic E-state index is 0.289. The first-order valence-corrected chi connectivity index (χ1v) is 15.9. The Morgan fingerprint density at radius 3 is 2.02 bits per heavy atom. The van der Waals surface area contributed by atoms with E-state index in [2.05, 4.69) is 145 Å². The van der Waals surface area contributed by atoms with E-state index in [1.807, 2.05) is 6.07 Å². The maximum absolute atomic E-state index is 5.17. The molecular weight excluding hydrogens is 569 g/mol. The van der Waals surface area contributed by atoms with Crippen LogP contribution in [-0.4, -0.2) is 16.7 Å². The standard InChI is InChI=1S/C40H26N4S/c1-2-10-28(11-3-1)40-41-35-21-20-27-16-19-33(24-34(27)36(35)45-40)39-43-37(31-17-14-25-8-4-6-12-29(25)22-31)42-38(44-39)32-18-15-26-9-5-7-13-30(26)23-32/h1-24,37H,(H,42,43,44). The van der Waals surface area contributed by atoms with Crippen molar-refractivity contribution in [3.8, 4) is 10.6 Å². The Balaban J connectivity index is 1.19. The molecule has 8 aromatic rings. The van der Waals surface area contributed by atoms with Gasteiger partial charge in [-0.15, -0.1) is 11.3 Å². The van der Waals surface area contributed by atoms with Gasteiger partial charge in [-0.05, 0) is 56.8 Å². The maximum atomic E-state index is 5.17. The maximum Gasteiger partial charge on any atom is 0.159 e. The van der Waals surface area contributed by atoms with Gasteiger partial charge in [-0.1, -0.05) is 121 Å². The summed E-state index contributed by atoms with van der Waals surface area (Å²) < 4.78 is 1.18. The van der Waals surface area contributed by atoms with Crippen LogP contribution in [0.15, 0.2) is 156 Å². The molecule has 1 aliphatic rings. The Labute approximate surface area is 264 Å². The van der Waals surface area contributed by atoms with Crippen molar-refractivity contribution in [3.63, 3.8) is 0 Å². The molecule has 0 fully saturated rings. The van der Waals surface area contributed by atoms with E-state index in [9.17, 15) is 0 Å². The fraction of sp³-hybridized carbons (Fsp3) is 0.0250. The Hall–Kier alpha value is -5.65. The fourth-order valence-corrected chi connectivity index (χ4v) is 7.25. The van der Waals surface area contributed by atoms with Crippen molar-refractivity contribution in [2.45, 2.75) is 6.17 Å². The second-order valence-corrected chi connectivity index (χ2v) is 12.4. The molecule has 9 rings (SSSR count). The first-order chi connectivity index (χ1) is 22.2. The van der Waals surface area contributed by atoms with Gasteiger partial charge < -0.3 is 5.32 Å². The van der Waals surface area contributed by atoms with Gasteiger partial charge in [0.15, 0.2) is 5.84 Å². The fourth-order valence-electron chi connectivity index (χ4n) is 6.16. The second-order valence-electron chi connectivity index (χ2n) is 11.4. The molecule has 1 atom stereocenters. The van der Waals surface area contributed by atoms with Gasteiger partial charge in [0.05, 0.1) is 10.2 Å². The Kier molecular flexibility index (Phi) is 6.03. The van der Waals surface area contributed by atoms with Crippen molar-refractivity contribution < 1.29 is 0 Å². The lowest BCUT2D eigenvalue weighted by Crippen LogP contribution is -2.33. The van der Waals surface area contributed by atoms with E-state index in [1.165, 1.54) is 37.0 Å². The largest absolute Gasteiger partial charge is 0.344 e. The summed E-state index contributed by atoms with van der Waals surface area (Å²) >= 11 is 1.74. The summed E-state index contributed by atoms with van der Waals surface area (Å²) in [6.45, 7) is 0. The van der Waals surface area contributed by atoms with E-state index in [0.29, 0.717) is 0 Å². The molecule has 0 saturated heterocycles. The number of benzene rings is 7. The second kappa shape index (κ2) is 10.5. The van der Waals surface area contributed by atoms with Crippen LogP contribution in [0.3, 0.4) is 0 Å². The average Bonchev–Trinajstić information content (AvgIpc) is 3.56. The number of thiazole rings is 1. The van der Waals surface area contributed by atoms with E-state index in [-0.39, 0.29) is 6.17 Å². The van der Waals surface area contributed by atoms with E-state index in [0.717, 1.165) is 44.4 Å². The van der Waals surface area contributed by atoms with Crippen LogP contribution in [0.25, 0.3) is 53.1 Å². The SMILES string of the molecule is c1ccc(-c2nc3ccc4ccc(C5=NC(c6ccc7ccccc7c6)=NC(c6ccc7ccccc7c6)N5)cc4c3s2)cc1. The summed E-state index contributed by atoms with van der Waals surface area (Å²) in [4.78, 5) is 15.3. The van der Waals surface area contributed by atoms with Crippen molar-refractivity contribution in [1.82, 2.24) is 10.3 Å². The summed E-state index contributed by atoms with van der Waals surface area (Å²) in [5, 5.41) is 11.8. The van der Waals surface area contributed by atoms with Crippen LogP contribution in [0.5, 0.6) is 0 Å². The number of aromatic nitrogens is 1. The van der Waals surface area contributed by atoms with Crippen LogP contribution in [0.1, 0.15) is 22.9 Å². The number of rotatable bonds is 4. The molecule has 2 heterocycles. The number of nitrogens with zero attached hydrogens (tertiary/aromatic N) is 3. The van der Waals surface area contributed by atoms with E-state index < -0.39 is 0 Å². The van der Waals surface area contributed by atoms with Gasteiger partial charge in [-0.25, -0.2) is 15.0 Å².